The van der Waals surface area contributed by atoms with E-state index in [-0.39, 0.29) is 31.1 Å². The van der Waals surface area contributed by atoms with Gasteiger partial charge in [0.2, 0.25) is 0 Å². The maximum Gasteiger partial charge on any atom is 0.306 e. The minimum Gasteiger partial charge on any atom is -0.462 e. The number of carbonyl (C=O) groups is 3. The average molecular weight is 863 g/mol. The Hall–Kier alpha value is -1.59. The van der Waals surface area contributed by atoms with E-state index >= 15 is 0 Å². The highest BCUT2D eigenvalue weighted by Crippen LogP contribution is 2.18. The molecule has 61 heavy (non-hydrogen) atoms. The highest BCUT2D eigenvalue weighted by Gasteiger charge is 2.19. The van der Waals surface area contributed by atoms with Crippen molar-refractivity contribution in [3.63, 3.8) is 0 Å². The summed E-state index contributed by atoms with van der Waals surface area (Å²) in [5.41, 5.74) is 0. The molecule has 0 bridgehead atoms. The van der Waals surface area contributed by atoms with Crippen LogP contribution in [0.2, 0.25) is 0 Å². The molecule has 0 aliphatic carbocycles. The van der Waals surface area contributed by atoms with Crippen molar-refractivity contribution in [3.8, 4) is 0 Å². The molecule has 0 spiro atoms. The smallest absolute Gasteiger partial charge is 0.306 e. The minimum absolute atomic E-state index is 0.0647. The van der Waals surface area contributed by atoms with Crippen molar-refractivity contribution >= 4 is 17.9 Å². The second kappa shape index (κ2) is 46.4. The minimum atomic E-state index is -0.763. The average Bonchev–Trinajstić information content (AvgIpc) is 3.23. The van der Waals surface area contributed by atoms with Gasteiger partial charge in [-0.3, -0.25) is 14.4 Å². The monoisotopic (exact) mass is 863 g/mol. The first kappa shape index (κ1) is 59.4. The fourth-order valence-corrected chi connectivity index (χ4v) is 8.26. The van der Waals surface area contributed by atoms with Crippen molar-refractivity contribution in [1.29, 1.82) is 0 Å². The third-order valence-corrected chi connectivity index (χ3v) is 12.8. The van der Waals surface area contributed by atoms with E-state index in [1.165, 1.54) is 180 Å². The molecular weight excluding hydrogens is 757 g/mol. The Morgan fingerprint density at radius 1 is 0.328 bits per heavy atom. The van der Waals surface area contributed by atoms with Gasteiger partial charge in [0.05, 0.1) is 0 Å². The first-order valence-corrected chi connectivity index (χ1v) is 27.1. The Labute approximate surface area is 380 Å². The lowest BCUT2D eigenvalue weighted by Crippen LogP contribution is -2.30. The van der Waals surface area contributed by atoms with Gasteiger partial charge in [-0.15, -0.1) is 0 Å². The molecule has 0 fully saturated rings. The van der Waals surface area contributed by atoms with Gasteiger partial charge < -0.3 is 14.2 Å². The maximum absolute atomic E-state index is 12.8. The Morgan fingerprint density at radius 2 is 0.574 bits per heavy atom. The van der Waals surface area contributed by atoms with Gasteiger partial charge in [0, 0.05) is 19.3 Å². The molecular formula is C55H106O6. The number of rotatable bonds is 48. The molecule has 0 radical (unpaired) electrons. The maximum atomic E-state index is 12.8. The largest absolute Gasteiger partial charge is 0.462 e. The summed E-state index contributed by atoms with van der Waals surface area (Å²) in [6, 6.07) is 0. The molecule has 6 heteroatoms. The molecule has 0 saturated carbocycles. The van der Waals surface area contributed by atoms with E-state index in [0.717, 1.165) is 75.5 Å². The Morgan fingerprint density at radius 3 is 0.852 bits per heavy atom. The number of hydrogen-bond acceptors (Lipinski definition) is 6. The standard InChI is InChI=1S/C55H106O6/c1-7-51(6)43-37-31-25-18-15-16-19-26-32-38-44-53(56)59-47-52(48-60-54(57)45-39-33-27-22-21-24-30-36-42-50(4)5)61-55(58)46-40-34-28-20-14-12-10-8-9-11-13-17-23-29-35-41-49(2)3/h49-52H,7-48H2,1-6H3/t51?,52-/m0/s1. The topological polar surface area (TPSA) is 78.9 Å². The van der Waals surface area contributed by atoms with Crippen LogP contribution in [0.1, 0.15) is 298 Å². The normalized spacial score (nSPS) is 12.6. The van der Waals surface area contributed by atoms with E-state index in [0.29, 0.717) is 19.3 Å². The van der Waals surface area contributed by atoms with Crippen molar-refractivity contribution in [2.75, 3.05) is 13.2 Å². The molecule has 0 amide bonds. The number of ether oxygens (including phenoxy) is 3. The molecule has 0 N–H and O–H groups in total. The van der Waals surface area contributed by atoms with Crippen molar-refractivity contribution in [1.82, 2.24) is 0 Å². The molecule has 0 aromatic carbocycles. The molecule has 0 aliphatic rings. The summed E-state index contributed by atoms with van der Waals surface area (Å²) < 4.78 is 16.8. The number of hydrogen-bond donors (Lipinski definition) is 0. The van der Waals surface area contributed by atoms with Gasteiger partial charge in [-0.25, -0.2) is 0 Å². The number of unbranched alkanes of at least 4 members (excludes halogenated alkanes) is 30. The van der Waals surface area contributed by atoms with Crippen LogP contribution in [-0.4, -0.2) is 37.2 Å². The van der Waals surface area contributed by atoms with Crippen LogP contribution in [0.25, 0.3) is 0 Å². The van der Waals surface area contributed by atoms with Crippen molar-refractivity contribution in [2.45, 2.75) is 304 Å². The first-order valence-electron chi connectivity index (χ1n) is 27.1. The molecule has 1 unspecified atom stereocenters. The van der Waals surface area contributed by atoms with Gasteiger partial charge in [-0.05, 0) is 37.0 Å². The summed E-state index contributed by atoms with van der Waals surface area (Å²) in [6.45, 7) is 13.7. The van der Waals surface area contributed by atoms with Crippen LogP contribution in [-0.2, 0) is 28.6 Å². The van der Waals surface area contributed by atoms with E-state index in [4.69, 9.17) is 14.2 Å². The SMILES string of the molecule is CCC(C)CCCCCCCCCCCCC(=O)OC[C@@H](COC(=O)CCCCCCCCCCC(C)C)OC(=O)CCCCCCCCCCCCCCCCCC(C)C. The van der Waals surface area contributed by atoms with Gasteiger partial charge in [-0.2, -0.15) is 0 Å². The first-order chi connectivity index (χ1) is 29.6. The molecule has 0 aliphatic heterocycles. The predicted molar refractivity (Wildman–Crippen MR) is 261 cm³/mol. The van der Waals surface area contributed by atoms with Gasteiger partial charge in [-0.1, -0.05) is 260 Å². The molecule has 6 nitrogen and oxygen atoms in total. The predicted octanol–water partition coefficient (Wildman–Crippen LogP) is 17.6. The summed E-state index contributed by atoms with van der Waals surface area (Å²) in [6.07, 6.45) is 46.6. The fourth-order valence-electron chi connectivity index (χ4n) is 8.26. The Bertz CT molecular complexity index is 947. The molecule has 0 heterocycles. The number of esters is 3. The summed E-state index contributed by atoms with van der Waals surface area (Å²) in [5.74, 6) is 1.66. The lowest BCUT2D eigenvalue weighted by Gasteiger charge is -2.18. The fraction of sp³-hybridized carbons (Fsp3) is 0.945. The lowest BCUT2D eigenvalue weighted by molar-refractivity contribution is -0.167. The molecule has 0 rings (SSSR count). The van der Waals surface area contributed by atoms with E-state index < -0.39 is 6.10 Å². The molecule has 0 aromatic heterocycles. The Balaban J connectivity index is 4.30. The van der Waals surface area contributed by atoms with Crippen molar-refractivity contribution < 1.29 is 28.6 Å². The van der Waals surface area contributed by atoms with Gasteiger partial charge >= 0.3 is 17.9 Å². The molecule has 2 atom stereocenters. The van der Waals surface area contributed by atoms with E-state index in [9.17, 15) is 14.4 Å². The second-order valence-electron chi connectivity index (χ2n) is 20.1. The van der Waals surface area contributed by atoms with Crippen LogP contribution in [0.4, 0.5) is 0 Å². The zero-order valence-corrected chi connectivity index (χ0v) is 42.0. The molecule has 362 valence electrons. The lowest BCUT2D eigenvalue weighted by atomic mass is 9.99. The van der Waals surface area contributed by atoms with Crippen LogP contribution in [0.15, 0.2) is 0 Å². The van der Waals surface area contributed by atoms with Gasteiger partial charge in [0.25, 0.3) is 0 Å². The zero-order valence-electron chi connectivity index (χ0n) is 42.0. The highest BCUT2D eigenvalue weighted by atomic mass is 16.6. The zero-order chi connectivity index (χ0) is 44.9. The van der Waals surface area contributed by atoms with E-state index in [1.807, 2.05) is 0 Å². The summed E-state index contributed by atoms with van der Waals surface area (Å²) in [7, 11) is 0. The number of carbonyl (C=O) groups excluding carboxylic acids is 3. The molecule has 0 saturated heterocycles. The summed E-state index contributed by atoms with van der Waals surface area (Å²) in [5, 5.41) is 0. The van der Waals surface area contributed by atoms with Crippen LogP contribution < -0.4 is 0 Å². The van der Waals surface area contributed by atoms with Crippen molar-refractivity contribution in [3.05, 3.63) is 0 Å². The van der Waals surface area contributed by atoms with Crippen LogP contribution >= 0.6 is 0 Å². The second-order valence-corrected chi connectivity index (χ2v) is 20.1. The van der Waals surface area contributed by atoms with Crippen molar-refractivity contribution in [2.24, 2.45) is 17.8 Å². The van der Waals surface area contributed by atoms with Crippen LogP contribution in [0.5, 0.6) is 0 Å². The molecule has 0 aromatic rings. The summed E-state index contributed by atoms with van der Waals surface area (Å²) >= 11 is 0. The highest BCUT2D eigenvalue weighted by molar-refractivity contribution is 5.71. The van der Waals surface area contributed by atoms with E-state index in [2.05, 4.69) is 41.5 Å². The van der Waals surface area contributed by atoms with Crippen LogP contribution in [0, 0.1) is 17.8 Å². The summed E-state index contributed by atoms with van der Waals surface area (Å²) in [4.78, 5) is 38.0. The van der Waals surface area contributed by atoms with Crippen LogP contribution in [0.3, 0.4) is 0 Å². The van der Waals surface area contributed by atoms with E-state index in [1.54, 1.807) is 0 Å². The third-order valence-electron chi connectivity index (χ3n) is 12.8. The third kappa shape index (κ3) is 47.7. The van der Waals surface area contributed by atoms with Gasteiger partial charge in [0.1, 0.15) is 13.2 Å². The van der Waals surface area contributed by atoms with Gasteiger partial charge in [0.15, 0.2) is 6.10 Å². The Kier molecular flexibility index (Phi) is 45.2. The quantitative estimate of drug-likeness (QED) is 0.0344.